The number of imide groups is 1. The van der Waals surface area contributed by atoms with Gasteiger partial charge in [-0.15, -0.1) is 11.3 Å². The average molecular weight is 789 g/mol. The normalized spacial score (nSPS) is 15.0. The van der Waals surface area contributed by atoms with E-state index in [-0.39, 0.29) is 26.2 Å². The number of halogens is 1. The molecule has 3 amide bonds. The maximum absolute atomic E-state index is 13.8. The first-order valence-corrected chi connectivity index (χ1v) is 20.9. The molecule has 1 fully saturated rings. The molecule has 0 saturated carbocycles. The van der Waals surface area contributed by atoms with Gasteiger partial charge in [-0.3, -0.25) is 19.1 Å². The van der Waals surface area contributed by atoms with Crippen LogP contribution in [0, 0.1) is 13.8 Å². The Hall–Kier alpha value is -4.01. The molecule has 1 aromatic heterocycles. The van der Waals surface area contributed by atoms with Crippen molar-refractivity contribution in [2.24, 2.45) is 0 Å². The van der Waals surface area contributed by atoms with E-state index in [1.54, 1.807) is 38.1 Å². The highest BCUT2D eigenvalue weighted by Gasteiger charge is 2.49. The van der Waals surface area contributed by atoms with E-state index in [2.05, 4.69) is 21.9 Å². The lowest BCUT2D eigenvalue weighted by Gasteiger charge is -2.22. The Labute approximate surface area is 321 Å². The second-order valence-corrected chi connectivity index (χ2v) is 16.4. The monoisotopic (exact) mass is 788 g/mol. The lowest BCUT2D eigenvalue weighted by atomic mass is 10.1. The summed E-state index contributed by atoms with van der Waals surface area (Å²) in [5.74, 6) is -2.46. The third-order valence-corrected chi connectivity index (χ3v) is 11.6. The number of hydrogen-bond acceptors (Lipinski definition) is 10. The smallest absolute Gasteiger partial charge is 0.418 e. The van der Waals surface area contributed by atoms with Crippen LogP contribution in [0.25, 0.3) is 0 Å². The molecule has 0 bridgehead atoms. The minimum Gasteiger partial charge on any atom is -0.491 e. The Morgan fingerprint density at radius 2 is 1.57 bits per heavy atom. The van der Waals surface area contributed by atoms with Crippen molar-refractivity contribution >= 4 is 68.0 Å². The summed E-state index contributed by atoms with van der Waals surface area (Å²) in [4.78, 5) is 57.5. The highest BCUT2D eigenvalue weighted by molar-refractivity contribution is 7.92. The molecule has 1 aliphatic rings. The van der Waals surface area contributed by atoms with Crippen LogP contribution in [0.3, 0.4) is 0 Å². The predicted molar refractivity (Wildman–Crippen MR) is 206 cm³/mol. The van der Waals surface area contributed by atoms with E-state index in [1.165, 1.54) is 76.8 Å². The summed E-state index contributed by atoms with van der Waals surface area (Å²) in [6.45, 7) is 7.22. The molecular formula is C38H49ClN4O8S2. The van der Waals surface area contributed by atoms with Crippen molar-refractivity contribution in [3.63, 3.8) is 0 Å². The average Bonchev–Trinajstić information content (AvgIpc) is 3.59. The number of amides is 3. The van der Waals surface area contributed by atoms with Crippen molar-refractivity contribution < 1.29 is 37.1 Å². The number of nitrogens with one attached hydrogen (secondary N) is 2. The zero-order valence-electron chi connectivity index (χ0n) is 30.7. The number of unbranched alkanes of at least 4 members (excludes halogenated alkanes) is 11. The summed E-state index contributed by atoms with van der Waals surface area (Å²) in [5, 5.41) is 2.94. The van der Waals surface area contributed by atoms with Crippen molar-refractivity contribution in [2.45, 2.75) is 122 Å². The third kappa shape index (κ3) is 11.5. The molecule has 2 atom stereocenters. The number of para-hydroxylation sites is 2. The van der Waals surface area contributed by atoms with Crippen LogP contribution < -0.4 is 14.8 Å². The van der Waals surface area contributed by atoms with E-state index in [0.29, 0.717) is 28.0 Å². The number of nitrogens with zero attached hydrogens (tertiary/aromatic N) is 2. The zero-order chi connectivity index (χ0) is 38.5. The van der Waals surface area contributed by atoms with Crippen LogP contribution >= 0.6 is 22.9 Å². The fourth-order valence-corrected chi connectivity index (χ4v) is 8.13. The summed E-state index contributed by atoms with van der Waals surface area (Å²) in [6.07, 6.45) is 12.2. The Morgan fingerprint density at radius 3 is 2.15 bits per heavy atom. The van der Waals surface area contributed by atoms with Crippen molar-refractivity contribution in [1.82, 2.24) is 9.88 Å². The number of anilines is 2. The minimum absolute atomic E-state index is 0.0526. The fourth-order valence-electron chi connectivity index (χ4n) is 5.99. The first-order valence-electron chi connectivity index (χ1n) is 18.2. The molecule has 2 aromatic carbocycles. The van der Waals surface area contributed by atoms with Gasteiger partial charge in [-0.1, -0.05) is 101 Å². The van der Waals surface area contributed by atoms with E-state index in [1.807, 2.05) is 0 Å². The number of ketones is 1. The van der Waals surface area contributed by atoms with Gasteiger partial charge in [-0.05, 0) is 57.5 Å². The number of rotatable bonds is 22. The molecule has 2 N–H and O–H groups in total. The van der Waals surface area contributed by atoms with Crippen molar-refractivity contribution in [3.05, 3.63) is 63.1 Å². The zero-order valence-corrected chi connectivity index (χ0v) is 33.1. The highest BCUT2D eigenvalue weighted by atomic mass is 35.5. The SMILES string of the molecule is CCCCCCCCCCCCCCOc1ccccc1NS(=O)(=O)c1ccc(Cl)c(NC(=O)C(C(=O)c2sc(C)nc2C)N2C(=O)OC(C)C2=O)c1. The van der Waals surface area contributed by atoms with Gasteiger partial charge in [0.1, 0.15) is 5.75 Å². The Kier molecular flexibility index (Phi) is 15.7. The summed E-state index contributed by atoms with van der Waals surface area (Å²) in [7, 11) is -4.24. The number of benzene rings is 2. The number of carbonyl (C=O) groups is 4. The molecule has 3 aromatic rings. The molecule has 0 radical (unpaired) electrons. The van der Waals surface area contributed by atoms with Crippen molar-refractivity contribution in [1.29, 1.82) is 0 Å². The standard InChI is InChI=1S/C38H49ClN4O8S2/c1-5-6-7-8-9-10-11-12-13-14-15-18-23-50-32-20-17-16-19-30(32)42-53(48,49)28-21-22-29(39)31(24-28)41-36(45)33(43-37(46)26(3)51-38(43)47)34(44)35-25(2)40-27(4)52-35/h16-17,19-22,24,26,33,42H,5-15,18,23H2,1-4H3,(H,41,45). The summed E-state index contributed by atoms with van der Waals surface area (Å²) in [5.41, 5.74) is 0.381. The second kappa shape index (κ2) is 19.9. The first kappa shape index (κ1) is 41.7. The number of cyclic esters (lactones) is 1. The maximum Gasteiger partial charge on any atom is 0.418 e. The number of Topliss-reactive ketones (excluding diaryl/α,β-unsaturated/α-hetero) is 1. The fraction of sp³-hybridized carbons (Fsp3) is 0.500. The van der Waals surface area contributed by atoms with Gasteiger partial charge in [0.05, 0.1) is 43.5 Å². The van der Waals surface area contributed by atoms with E-state index < -0.39 is 45.9 Å². The molecule has 53 heavy (non-hydrogen) atoms. The predicted octanol–water partition coefficient (Wildman–Crippen LogP) is 8.85. The Morgan fingerprint density at radius 1 is 0.943 bits per heavy atom. The van der Waals surface area contributed by atoms with Crippen molar-refractivity contribution in [3.8, 4) is 5.75 Å². The van der Waals surface area contributed by atoms with Gasteiger partial charge in [0.2, 0.25) is 5.78 Å². The Balaban J connectivity index is 1.39. The molecule has 4 rings (SSSR count). The molecule has 2 heterocycles. The van der Waals surface area contributed by atoms with Gasteiger partial charge in [-0.25, -0.2) is 23.1 Å². The number of aromatic nitrogens is 1. The van der Waals surface area contributed by atoms with Crippen LogP contribution in [0.15, 0.2) is 47.4 Å². The molecule has 0 aliphatic carbocycles. The third-order valence-electron chi connectivity index (χ3n) is 8.83. The van der Waals surface area contributed by atoms with Crippen LogP contribution in [-0.4, -0.2) is 60.7 Å². The second-order valence-electron chi connectivity index (χ2n) is 13.1. The van der Waals surface area contributed by atoms with Crippen LogP contribution in [-0.2, 0) is 24.3 Å². The minimum atomic E-state index is -4.24. The van der Waals surface area contributed by atoms with Crippen LogP contribution in [0.5, 0.6) is 5.75 Å². The largest absolute Gasteiger partial charge is 0.491 e. The summed E-state index contributed by atoms with van der Waals surface area (Å²) >= 11 is 7.38. The van der Waals surface area contributed by atoms with E-state index in [0.717, 1.165) is 36.7 Å². The molecular weight excluding hydrogens is 740 g/mol. The molecule has 15 heteroatoms. The lowest BCUT2D eigenvalue weighted by Crippen LogP contribution is -2.52. The number of carbonyl (C=O) groups excluding carboxylic acids is 4. The van der Waals surface area contributed by atoms with E-state index in [9.17, 15) is 27.6 Å². The maximum atomic E-state index is 13.8. The number of aryl methyl sites for hydroxylation is 2. The van der Waals surface area contributed by atoms with Crippen LogP contribution in [0.1, 0.15) is 111 Å². The number of hydrogen-bond donors (Lipinski definition) is 2. The molecule has 1 aliphatic heterocycles. The molecule has 2 unspecified atom stereocenters. The van der Waals surface area contributed by atoms with Gasteiger partial charge in [0, 0.05) is 0 Å². The molecule has 288 valence electrons. The van der Waals surface area contributed by atoms with Gasteiger partial charge < -0.3 is 14.8 Å². The molecule has 12 nitrogen and oxygen atoms in total. The number of thiazole rings is 1. The quantitative estimate of drug-likeness (QED) is 0.0576. The molecule has 0 spiro atoms. The highest BCUT2D eigenvalue weighted by Crippen LogP contribution is 2.31. The number of sulfonamides is 1. The lowest BCUT2D eigenvalue weighted by molar-refractivity contribution is -0.133. The van der Waals surface area contributed by atoms with Crippen molar-refractivity contribution in [2.75, 3.05) is 16.6 Å². The van der Waals surface area contributed by atoms with Gasteiger partial charge in [0.15, 0.2) is 12.1 Å². The van der Waals surface area contributed by atoms with Gasteiger partial charge >= 0.3 is 6.09 Å². The van der Waals surface area contributed by atoms with E-state index >= 15 is 0 Å². The van der Waals surface area contributed by atoms with Crippen LogP contribution in [0.2, 0.25) is 5.02 Å². The summed E-state index contributed by atoms with van der Waals surface area (Å²) in [6, 6.07) is 8.37. The van der Waals surface area contributed by atoms with Gasteiger partial charge in [-0.2, -0.15) is 0 Å². The van der Waals surface area contributed by atoms with E-state index in [4.69, 9.17) is 21.1 Å². The first-order chi connectivity index (χ1) is 25.3. The Bertz CT molecular complexity index is 1870. The van der Waals surface area contributed by atoms with Crippen LogP contribution in [0.4, 0.5) is 16.2 Å². The summed E-state index contributed by atoms with van der Waals surface area (Å²) < 4.78 is 40.7. The molecule has 1 saturated heterocycles. The number of ether oxygens (including phenoxy) is 2. The van der Waals surface area contributed by atoms with Gasteiger partial charge in [0.25, 0.3) is 21.8 Å². The topological polar surface area (TPSA) is 161 Å².